The van der Waals surface area contributed by atoms with E-state index < -0.39 is 0 Å². The molecule has 0 heterocycles. The lowest BCUT2D eigenvalue weighted by Crippen LogP contribution is -2.40. The quantitative estimate of drug-likeness (QED) is 0.582. The van der Waals surface area contributed by atoms with Gasteiger partial charge in [-0.3, -0.25) is 0 Å². The molecule has 0 saturated heterocycles. The van der Waals surface area contributed by atoms with Gasteiger partial charge in [0.25, 0.3) is 0 Å². The van der Waals surface area contributed by atoms with Crippen LogP contribution in [0.3, 0.4) is 0 Å². The Labute approximate surface area is 88.3 Å². The van der Waals surface area contributed by atoms with Gasteiger partial charge in [-0.15, -0.1) is 0 Å². The Morgan fingerprint density at radius 1 is 1.21 bits per heavy atom. The number of aliphatic hydroxyl groups excluding tert-OH is 1. The van der Waals surface area contributed by atoms with Crippen LogP contribution >= 0.6 is 0 Å². The summed E-state index contributed by atoms with van der Waals surface area (Å²) in [6.45, 7) is 9.75. The molecule has 0 aromatic carbocycles. The molecule has 0 radical (unpaired) electrons. The lowest BCUT2D eigenvalue weighted by molar-refractivity contribution is 0.194. The van der Waals surface area contributed by atoms with Crippen molar-refractivity contribution in [1.29, 1.82) is 0 Å². The summed E-state index contributed by atoms with van der Waals surface area (Å²) in [7, 11) is 0. The van der Waals surface area contributed by atoms with Crippen LogP contribution in [0.4, 0.5) is 0 Å². The molecule has 0 aromatic rings. The van der Waals surface area contributed by atoms with Crippen LogP contribution in [0.25, 0.3) is 0 Å². The molecule has 0 aromatic heterocycles. The van der Waals surface area contributed by atoms with Gasteiger partial charge >= 0.3 is 0 Å². The van der Waals surface area contributed by atoms with Crippen LogP contribution in [-0.4, -0.2) is 41.8 Å². The van der Waals surface area contributed by atoms with E-state index in [4.69, 9.17) is 10.8 Å². The molecule has 0 aliphatic heterocycles. The number of aliphatic hydroxyl groups is 1. The minimum Gasteiger partial charge on any atom is -0.394 e. The summed E-state index contributed by atoms with van der Waals surface area (Å²) in [5, 5.41) is 8.96. The second-order valence-corrected chi connectivity index (χ2v) is 4.30. The molecule has 3 heteroatoms. The molecule has 1 unspecified atom stereocenters. The highest BCUT2D eigenvalue weighted by Gasteiger charge is 2.15. The Morgan fingerprint density at radius 2 is 1.79 bits per heavy atom. The fourth-order valence-electron chi connectivity index (χ4n) is 1.48. The molecular weight excluding hydrogens is 176 g/mol. The fraction of sp³-hybridized carbons (Fsp3) is 1.00. The van der Waals surface area contributed by atoms with Crippen molar-refractivity contribution in [3.05, 3.63) is 0 Å². The normalized spacial score (nSPS) is 15.9. The maximum Gasteiger partial charge on any atom is 0.0608 e. The number of hydrogen-bond donors (Lipinski definition) is 2. The minimum absolute atomic E-state index is 0.0816. The molecule has 3 nitrogen and oxygen atoms in total. The molecule has 3 N–H and O–H groups in total. The highest BCUT2D eigenvalue weighted by atomic mass is 16.3. The second-order valence-electron chi connectivity index (χ2n) is 4.30. The Hall–Kier alpha value is -0.120. The van der Waals surface area contributed by atoms with Gasteiger partial charge in [-0.25, -0.2) is 0 Å². The number of nitrogens with two attached hydrogens (primary N) is 1. The molecule has 86 valence electrons. The number of rotatable bonds is 8. The third-order valence-corrected chi connectivity index (χ3v) is 2.73. The van der Waals surface area contributed by atoms with Crippen LogP contribution in [0, 0.1) is 0 Å². The Morgan fingerprint density at radius 3 is 2.21 bits per heavy atom. The minimum atomic E-state index is -0.386. The fourth-order valence-corrected chi connectivity index (χ4v) is 1.48. The molecule has 1 atom stereocenters. The van der Waals surface area contributed by atoms with Gasteiger partial charge in [0.2, 0.25) is 0 Å². The van der Waals surface area contributed by atoms with Crippen molar-refractivity contribution in [2.45, 2.75) is 45.6 Å². The molecule has 0 aliphatic rings. The van der Waals surface area contributed by atoms with Gasteiger partial charge in [-0.2, -0.15) is 0 Å². The summed E-state index contributed by atoms with van der Waals surface area (Å²) in [6, 6.07) is 0. The van der Waals surface area contributed by atoms with Gasteiger partial charge in [0.15, 0.2) is 0 Å². The largest absolute Gasteiger partial charge is 0.394 e. The second kappa shape index (κ2) is 7.21. The maximum absolute atomic E-state index is 8.96. The summed E-state index contributed by atoms with van der Waals surface area (Å²) >= 11 is 0. The van der Waals surface area contributed by atoms with Crippen LogP contribution in [0.1, 0.15) is 40.0 Å². The van der Waals surface area contributed by atoms with Crippen molar-refractivity contribution < 1.29 is 5.11 Å². The van der Waals surface area contributed by atoms with E-state index in [2.05, 4.69) is 18.7 Å². The molecule has 0 rings (SSSR count). The molecule has 0 amide bonds. The molecule has 0 fully saturated rings. The van der Waals surface area contributed by atoms with E-state index in [1.54, 1.807) is 0 Å². The van der Waals surface area contributed by atoms with Gasteiger partial charge < -0.3 is 15.7 Å². The summed E-state index contributed by atoms with van der Waals surface area (Å²) < 4.78 is 0. The van der Waals surface area contributed by atoms with Crippen LogP contribution in [0.2, 0.25) is 0 Å². The third kappa shape index (κ3) is 6.35. The molecule has 0 saturated carbocycles. The van der Waals surface area contributed by atoms with Crippen molar-refractivity contribution in [3.8, 4) is 0 Å². The van der Waals surface area contributed by atoms with Crippen molar-refractivity contribution in [2.75, 3.05) is 26.2 Å². The zero-order valence-electron chi connectivity index (χ0n) is 9.92. The number of nitrogens with zero attached hydrogens (tertiary/aromatic N) is 1. The standard InChI is InChI=1S/C11H26N2O/c1-4-13(5-2)9-7-6-8-11(3,12)10-14/h14H,4-10,12H2,1-3H3. The first-order valence-electron chi connectivity index (χ1n) is 5.67. The van der Waals surface area contributed by atoms with E-state index in [0.29, 0.717) is 0 Å². The topological polar surface area (TPSA) is 49.5 Å². The average molecular weight is 202 g/mol. The van der Waals surface area contributed by atoms with E-state index in [9.17, 15) is 0 Å². The summed E-state index contributed by atoms with van der Waals surface area (Å²) in [5.41, 5.74) is 5.45. The monoisotopic (exact) mass is 202 g/mol. The molecular formula is C11H26N2O. The smallest absolute Gasteiger partial charge is 0.0608 e. The zero-order valence-corrected chi connectivity index (χ0v) is 9.92. The first-order chi connectivity index (χ1) is 6.55. The maximum atomic E-state index is 8.96. The first-order valence-corrected chi connectivity index (χ1v) is 5.67. The molecule has 0 spiro atoms. The summed E-state index contributed by atoms with van der Waals surface area (Å²) in [6.07, 6.45) is 3.18. The van der Waals surface area contributed by atoms with Gasteiger partial charge in [0, 0.05) is 5.54 Å². The molecule has 0 bridgehead atoms. The van der Waals surface area contributed by atoms with Crippen molar-refractivity contribution >= 4 is 0 Å². The molecule has 0 aliphatic carbocycles. The third-order valence-electron chi connectivity index (χ3n) is 2.73. The van der Waals surface area contributed by atoms with Crippen LogP contribution in [-0.2, 0) is 0 Å². The van der Waals surface area contributed by atoms with Crippen molar-refractivity contribution in [3.63, 3.8) is 0 Å². The van der Waals surface area contributed by atoms with Gasteiger partial charge in [0.05, 0.1) is 6.61 Å². The van der Waals surface area contributed by atoms with Crippen molar-refractivity contribution in [2.24, 2.45) is 5.73 Å². The predicted molar refractivity (Wildman–Crippen MR) is 61.3 cm³/mol. The van der Waals surface area contributed by atoms with Gasteiger partial charge in [-0.1, -0.05) is 20.3 Å². The lowest BCUT2D eigenvalue weighted by Gasteiger charge is -2.22. The first kappa shape index (κ1) is 13.9. The van der Waals surface area contributed by atoms with E-state index in [1.165, 1.54) is 6.42 Å². The van der Waals surface area contributed by atoms with E-state index in [1.807, 2.05) is 6.92 Å². The number of hydrogen-bond acceptors (Lipinski definition) is 3. The SMILES string of the molecule is CCN(CC)CCCCC(C)(N)CO. The Kier molecular flexibility index (Phi) is 7.15. The van der Waals surface area contributed by atoms with Crippen molar-refractivity contribution in [1.82, 2.24) is 4.90 Å². The van der Waals surface area contributed by atoms with Gasteiger partial charge in [-0.05, 0) is 39.4 Å². The lowest BCUT2D eigenvalue weighted by atomic mass is 9.97. The number of unbranched alkanes of at least 4 members (excludes halogenated alkanes) is 1. The zero-order chi connectivity index (χ0) is 11.0. The van der Waals surface area contributed by atoms with E-state index >= 15 is 0 Å². The highest BCUT2D eigenvalue weighted by molar-refractivity contribution is 4.76. The average Bonchev–Trinajstić information content (AvgIpc) is 2.18. The Bertz CT molecular complexity index is 133. The summed E-state index contributed by atoms with van der Waals surface area (Å²) in [4.78, 5) is 2.41. The highest BCUT2D eigenvalue weighted by Crippen LogP contribution is 2.09. The summed E-state index contributed by atoms with van der Waals surface area (Å²) in [5.74, 6) is 0. The van der Waals surface area contributed by atoms with E-state index in [0.717, 1.165) is 32.5 Å². The van der Waals surface area contributed by atoms with Crippen LogP contribution in [0.15, 0.2) is 0 Å². The van der Waals surface area contributed by atoms with Crippen LogP contribution in [0.5, 0.6) is 0 Å². The molecule has 14 heavy (non-hydrogen) atoms. The Balaban J connectivity index is 3.45. The van der Waals surface area contributed by atoms with Crippen LogP contribution < -0.4 is 5.73 Å². The van der Waals surface area contributed by atoms with Gasteiger partial charge in [0.1, 0.15) is 0 Å². The van der Waals surface area contributed by atoms with E-state index in [-0.39, 0.29) is 12.1 Å². The predicted octanol–water partition coefficient (Wildman–Crippen LogP) is 1.21.